The first kappa shape index (κ1) is 18.6. The number of hydrogen-bond acceptors (Lipinski definition) is 7. The molecule has 2 heterocycles. The minimum Gasteiger partial charge on any atom is -0.494 e. The highest BCUT2D eigenvalue weighted by molar-refractivity contribution is 8.00. The Morgan fingerprint density at radius 3 is 2.62 bits per heavy atom. The van der Waals surface area contributed by atoms with E-state index in [4.69, 9.17) is 9.47 Å². The summed E-state index contributed by atoms with van der Waals surface area (Å²) in [7, 11) is 1.37. The van der Waals surface area contributed by atoms with Gasteiger partial charge in [-0.05, 0) is 25.3 Å². The van der Waals surface area contributed by atoms with E-state index in [0.717, 1.165) is 4.21 Å². The van der Waals surface area contributed by atoms with Gasteiger partial charge in [-0.3, -0.25) is 9.59 Å². The van der Waals surface area contributed by atoms with Gasteiger partial charge in [0.25, 0.3) is 0 Å². The van der Waals surface area contributed by atoms with Gasteiger partial charge in [-0.2, -0.15) is 0 Å². The van der Waals surface area contributed by atoms with Crippen LogP contribution in [0.1, 0.15) is 29.9 Å². The third-order valence-electron chi connectivity index (χ3n) is 3.93. The fourth-order valence-corrected chi connectivity index (χ4v) is 4.36. The summed E-state index contributed by atoms with van der Waals surface area (Å²) >= 11 is 2.86. The fourth-order valence-electron chi connectivity index (χ4n) is 2.88. The number of carbonyl (C=O) groups is 2. The van der Waals surface area contributed by atoms with Gasteiger partial charge in [0, 0.05) is 24.5 Å². The van der Waals surface area contributed by atoms with Crippen molar-refractivity contribution in [3.63, 3.8) is 0 Å². The summed E-state index contributed by atoms with van der Waals surface area (Å²) < 4.78 is 25.7. The maximum atomic E-state index is 14.3. The van der Waals surface area contributed by atoms with Crippen LogP contribution in [0.5, 0.6) is 0 Å². The lowest BCUT2D eigenvalue weighted by Gasteiger charge is -2.19. The molecule has 0 aromatic carbocycles. The van der Waals surface area contributed by atoms with Gasteiger partial charge in [0.2, 0.25) is 5.78 Å². The lowest BCUT2D eigenvalue weighted by Crippen LogP contribution is -2.15. The molecule has 8 heteroatoms. The molecule has 1 aliphatic heterocycles. The van der Waals surface area contributed by atoms with E-state index >= 15 is 0 Å². The molecule has 0 saturated carbocycles. The van der Waals surface area contributed by atoms with Crippen LogP contribution in [-0.4, -0.2) is 30.8 Å². The number of ether oxygens (including phenoxy) is 2. The summed E-state index contributed by atoms with van der Waals surface area (Å²) in [5.74, 6) is -1.25. The largest absolute Gasteiger partial charge is 0.494 e. The predicted molar refractivity (Wildman–Crippen MR) is 99.1 cm³/mol. The van der Waals surface area contributed by atoms with Gasteiger partial charge in [-0.25, -0.2) is 9.38 Å². The molecule has 5 nitrogen and oxygen atoms in total. The molecule has 1 aliphatic carbocycles. The van der Waals surface area contributed by atoms with Crippen molar-refractivity contribution in [2.24, 2.45) is 4.99 Å². The molecule has 0 unspecified atom stereocenters. The van der Waals surface area contributed by atoms with Gasteiger partial charge in [-0.1, -0.05) is 0 Å². The van der Waals surface area contributed by atoms with Gasteiger partial charge >= 0.3 is 5.97 Å². The van der Waals surface area contributed by atoms with Crippen molar-refractivity contribution >= 4 is 40.6 Å². The van der Waals surface area contributed by atoms with Gasteiger partial charge in [0.1, 0.15) is 5.83 Å². The Labute approximate surface area is 158 Å². The second-order valence-electron chi connectivity index (χ2n) is 5.60. The van der Waals surface area contributed by atoms with E-state index in [1.807, 2.05) is 12.3 Å². The minimum atomic E-state index is -0.577. The van der Waals surface area contributed by atoms with E-state index in [2.05, 4.69) is 4.99 Å². The second kappa shape index (κ2) is 7.20. The van der Waals surface area contributed by atoms with Crippen LogP contribution < -0.4 is 0 Å². The SMILES string of the molecule is COC1=C(F)CC2=NC(C(=O)c3ccc(SC)s3)=C(OC(C)=O)C2=C1C. The predicted octanol–water partition coefficient (Wildman–Crippen LogP) is 4.43. The van der Waals surface area contributed by atoms with E-state index < -0.39 is 11.8 Å². The first-order valence-electron chi connectivity index (χ1n) is 7.70. The van der Waals surface area contributed by atoms with Crippen molar-refractivity contribution in [2.45, 2.75) is 24.5 Å². The fraction of sp³-hybridized carbons (Fsp3) is 0.278. The van der Waals surface area contributed by atoms with Crippen LogP contribution in [-0.2, 0) is 14.3 Å². The number of rotatable bonds is 5. The summed E-state index contributed by atoms with van der Waals surface area (Å²) in [6, 6.07) is 3.55. The Balaban J connectivity index is 2.13. The van der Waals surface area contributed by atoms with E-state index in [0.29, 0.717) is 21.7 Å². The molecule has 0 atom stereocenters. The number of halogens is 1. The van der Waals surface area contributed by atoms with Crippen LogP contribution in [0.25, 0.3) is 0 Å². The van der Waals surface area contributed by atoms with Crippen molar-refractivity contribution in [2.75, 3.05) is 13.4 Å². The van der Waals surface area contributed by atoms with Crippen LogP contribution in [0.2, 0.25) is 0 Å². The number of fused-ring (bicyclic) bond motifs is 1. The summed E-state index contributed by atoms with van der Waals surface area (Å²) in [6.45, 7) is 2.90. The third kappa shape index (κ3) is 3.14. The average molecular weight is 393 g/mol. The molecule has 2 aliphatic rings. The van der Waals surface area contributed by atoms with Crippen LogP contribution in [0, 0.1) is 0 Å². The number of carbonyl (C=O) groups excluding carboxylic acids is 2. The molecule has 136 valence electrons. The van der Waals surface area contributed by atoms with E-state index in [1.165, 1.54) is 37.1 Å². The summed E-state index contributed by atoms with van der Waals surface area (Å²) in [4.78, 5) is 29.3. The number of allylic oxidation sites excluding steroid dienone is 4. The standard InChI is InChI=1S/C18H16FNO4S2/c1-8-14-11(7-10(19)17(8)23-3)20-15(18(14)24-9(2)21)16(22)12-5-6-13(25-4)26-12/h5-6H,7H2,1-4H3. The Kier molecular flexibility index (Phi) is 5.15. The normalized spacial score (nSPS) is 16.7. The molecule has 0 spiro atoms. The molecule has 1 aromatic heterocycles. The molecule has 26 heavy (non-hydrogen) atoms. The Morgan fingerprint density at radius 2 is 2.04 bits per heavy atom. The van der Waals surface area contributed by atoms with Crippen molar-refractivity contribution in [3.05, 3.63) is 51.2 Å². The zero-order valence-electron chi connectivity index (χ0n) is 14.6. The molecule has 0 fully saturated rings. The number of Topliss-reactive ketones (excluding diaryl/α,β-unsaturated/α-hetero) is 1. The Hall–Kier alpha value is -2.19. The van der Waals surface area contributed by atoms with Crippen molar-refractivity contribution in [3.8, 4) is 0 Å². The van der Waals surface area contributed by atoms with E-state index in [-0.39, 0.29) is 29.4 Å². The molecule has 0 bridgehead atoms. The second-order valence-corrected chi connectivity index (χ2v) is 7.79. The highest BCUT2D eigenvalue weighted by Gasteiger charge is 2.37. The van der Waals surface area contributed by atoms with Crippen LogP contribution >= 0.6 is 23.1 Å². The van der Waals surface area contributed by atoms with Crippen molar-refractivity contribution < 1.29 is 23.5 Å². The first-order chi connectivity index (χ1) is 12.4. The minimum absolute atomic E-state index is 0.0178. The number of nitrogens with zero attached hydrogens (tertiary/aromatic N) is 1. The van der Waals surface area contributed by atoms with Gasteiger partial charge < -0.3 is 9.47 Å². The first-order valence-corrected chi connectivity index (χ1v) is 9.74. The number of thioether (sulfide) groups is 1. The van der Waals surface area contributed by atoms with Crippen molar-refractivity contribution in [1.29, 1.82) is 0 Å². The number of methoxy groups -OCH3 is 1. The average Bonchev–Trinajstić information content (AvgIpc) is 3.19. The summed E-state index contributed by atoms with van der Waals surface area (Å²) in [5, 5.41) is 0. The number of thiophene rings is 1. The van der Waals surface area contributed by atoms with E-state index in [9.17, 15) is 14.0 Å². The quantitative estimate of drug-likeness (QED) is 0.421. The maximum Gasteiger partial charge on any atom is 0.308 e. The molecule has 0 saturated heterocycles. The van der Waals surface area contributed by atoms with Crippen LogP contribution in [0.15, 0.2) is 55.5 Å². The topological polar surface area (TPSA) is 65.0 Å². The highest BCUT2D eigenvalue weighted by atomic mass is 32.2. The molecular formula is C18H16FNO4S2. The zero-order valence-corrected chi connectivity index (χ0v) is 16.3. The lowest BCUT2D eigenvalue weighted by atomic mass is 9.93. The molecule has 0 radical (unpaired) electrons. The lowest BCUT2D eigenvalue weighted by molar-refractivity contribution is -0.136. The zero-order chi connectivity index (χ0) is 19.0. The van der Waals surface area contributed by atoms with Gasteiger partial charge in [0.05, 0.1) is 21.9 Å². The molecule has 1 aromatic rings. The van der Waals surface area contributed by atoms with Crippen LogP contribution in [0.3, 0.4) is 0 Å². The van der Waals surface area contributed by atoms with Crippen LogP contribution in [0.4, 0.5) is 4.39 Å². The third-order valence-corrected chi connectivity index (χ3v) is 6.10. The smallest absolute Gasteiger partial charge is 0.308 e. The van der Waals surface area contributed by atoms with Gasteiger partial charge in [-0.15, -0.1) is 23.1 Å². The van der Waals surface area contributed by atoms with E-state index in [1.54, 1.807) is 13.0 Å². The summed E-state index contributed by atoms with van der Waals surface area (Å²) in [6.07, 6.45) is 1.81. The number of aliphatic imine (C=N–C) groups is 1. The van der Waals surface area contributed by atoms with Gasteiger partial charge in [0.15, 0.2) is 17.2 Å². The summed E-state index contributed by atoms with van der Waals surface area (Å²) in [5.41, 5.74) is 1.28. The number of esters is 1. The molecular weight excluding hydrogens is 377 g/mol. The maximum absolute atomic E-state index is 14.3. The highest BCUT2D eigenvalue weighted by Crippen LogP contribution is 2.40. The number of hydrogen-bond donors (Lipinski definition) is 0. The molecule has 0 N–H and O–H groups in total. The molecule has 3 rings (SSSR count). The Morgan fingerprint density at radius 1 is 1.31 bits per heavy atom. The monoisotopic (exact) mass is 393 g/mol. The molecule has 0 amide bonds. The van der Waals surface area contributed by atoms with Crippen molar-refractivity contribution in [1.82, 2.24) is 0 Å². The number of ketones is 1. The Bertz CT molecular complexity index is 937.